The van der Waals surface area contributed by atoms with E-state index in [0.29, 0.717) is 12.6 Å². The van der Waals surface area contributed by atoms with Gasteiger partial charge in [-0.2, -0.15) is 4.98 Å². The third kappa shape index (κ3) is 3.22. The topological polar surface area (TPSA) is 73.5 Å². The highest BCUT2D eigenvalue weighted by Crippen LogP contribution is 2.32. The third-order valence-corrected chi connectivity index (χ3v) is 4.50. The molecule has 0 bridgehead atoms. The molecule has 0 saturated carbocycles. The van der Waals surface area contributed by atoms with Crippen molar-refractivity contribution in [3.8, 4) is 11.5 Å². The normalized spacial score (nSPS) is 19.5. The van der Waals surface area contributed by atoms with E-state index in [1.165, 1.54) is 12.8 Å². The number of aromatic nitrogens is 2. The SMILES string of the molecule is Nc1nc(CC[C@H]2COc3ccccc3O2)cc(N2CCCC2)n1. The lowest BCUT2D eigenvalue weighted by Crippen LogP contribution is -2.29. The van der Waals surface area contributed by atoms with Crippen LogP contribution in [0, 0.1) is 0 Å². The van der Waals surface area contributed by atoms with Crippen LogP contribution in [0.2, 0.25) is 0 Å². The molecule has 2 N–H and O–H groups in total. The quantitative estimate of drug-likeness (QED) is 0.930. The molecule has 0 aliphatic carbocycles. The van der Waals surface area contributed by atoms with E-state index < -0.39 is 0 Å². The number of hydrogen-bond donors (Lipinski definition) is 1. The van der Waals surface area contributed by atoms with Crippen molar-refractivity contribution in [3.05, 3.63) is 36.0 Å². The third-order valence-electron chi connectivity index (χ3n) is 4.50. The van der Waals surface area contributed by atoms with Crippen LogP contribution in [0.1, 0.15) is 25.0 Å². The molecule has 1 aromatic heterocycles. The van der Waals surface area contributed by atoms with Crippen LogP contribution in [0.3, 0.4) is 0 Å². The Morgan fingerprint density at radius 3 is 2.75 bits per heavy atom. The monoisotopic (exact) mass is 326 g/mol. The second-order valence-electron chi connectivity index (χ2n) is 6.31. The van der Waals surface area contributed by atoms with E-state index in [1.807, 2.05) is 24.3 Å². The van der Waals surface area contributed by atoms with Crippen LogP contribution in [-0.4, -0.2) is 35.8 Å². The molecule has 4 rings (SSSR count). The van der Waals surface area contributed by atoms with Crippen molar-refractivity contribution >= 4 is 11.8 Å². The Kier molecular flexibility index (Phi) is 4.11. The maximum Gasteiger partial charge on any atom is 0.222 e. The fourth-order valence-corrected chi connectivity index (χ4v) is 3.25. The number of ether oxygens (including phenoxy) is 2. The van der Waals surface area contributed by atoms with Gasteiger partial charge in [-0.1, -0.05) is 12.1 Å². The van der Waals surface area contributed by atoms with Gasteiger partial charge in [0.15, 0.2) is 11.5 Å². The van der Waals surface area contributed by atoms with Crippen LogP contribution in [-0.2, 0) is 6.42 Å². The zero-order chi connectivity index (χ0) is 16.4. The van der Waals surface area contributed by atoms with Gasteiger partial charge >= 0.3 is 0 Å². The Bertz CT molecular complexity index is 716. The number of fused-ring (bicyclic) bond motifs is 1. The van der Waals surface area contributed by atoms with Crippen LogP contribution >= 0.6 is 0 Å². The smallest absolute Gasteiger partial charge is 0.222 e. The lowest BCUT2D eigenvalue weighted by Gasteiger charge is -2.26. The van der Waals surface area contributed by atoms with Gasteiger partial charge in [0.05, 0.1) is 0 Å². The Balaban J connectivity index is 1.41. The predicted molar refractivity (Wildman–Crippen MR) is 92.6 cm³/mol. The molecule has 3 heterocycles. The summed E-state index contributed by atoms with van der Waals surface area (Å²) in [5.74, 6) is 2.92. The second-order valence-corrected chi connectivity index (χ2v) is 6.31. The highest BCUT2D eigenvalue weighted by molar-refractivity contribution is 5.44. The minimum Gasteiger partial charge on any atom is -0.486 e. The molecule has 0 spiro atoms. The van der Waals surface area contributed by atoms with Crippen molar-refractivity contribution in [1.82, 2.24) is 9.97 Å². The van der Waals surface area contributed by atoms with Crippen LogP contribution in [0.4, 0.5) is 11.8 Å². The second kappa shape index (κ2) is 6.55. The lowest BCUT2D eigenvalue weighted by molar-refractivity contribution is 0.0849. The Morgan fingerprint density at radius 1 is 1.12 bits per heavy atom. The first kappa shape index (κ1) is 15.1. The van der Waals surface area contributed by atoms with Crippen molar-refractivity contribution < 1.29 is 9.47 Å². The Morgan fingerprint density at radius 2 is 1.92 bits per heavy atom. The van der Waals surface area contributed by atoms with Crippen molar-refractivity contribution in [3.63, 3.8) is 0 Å². The number of rotatable bonds is 4. The number of nitrogens with zero attached hydrogens (tertiary/aromatic N) is 3. The fraction of sp³-hybridized carbons (Fsp3) is 0.444. The van der Waals surface area contributed by atoms with E-state index >= 15 is 0 Å². The van der Waals surface area contributed by atoms with E-state index in [9.17, 15) is 0 Å². The lowest BCUT2D eigenvalue weighted by atomic mass is 10.1. The number of benzene rings is 1. The minimum atomic E-state index is 0.0336. The van der Waals surface area contributed by atoms with Gasteiger partial charge in [-0.15, -0.1) is 0 Å². The molecule has 1 atom stereocenters. The average Bonchev–Trinajstić information content (AvgIpc) is 3.14. The van der Waals surface area contributed by atoms with E-state index in [2.05, 4.69) is 20.9 Å². The molecule has 2 aliphatic rings. The Labute approximate surface area is 141 Å². The maximum atomic E-state index is 6.00. The summed E-state index contributed by atoms with van der Waals surface area (Å²) >= 11 is 0. The summed E-state index contributed by atoms with van der Waals surface area (Å²) < 4.78 is 11.8. The molecule has 1 aromatic carbocycles. The van der Waals surface area contributed by atoms with Crippen molar-refractivity contribution in [2.75, 3.05) is 30.3 Å². The molecule has 6 heteroatoms. The first-order valence-corrected chi connectivity index (χ1v) is 8.55. The zero-order valence-electron chi connectivity index (χ0n) is 13.6. The number of aryl methyl sites for hydroxylation is 1. The van der Waals surface area contributed by atoms with Crippen LogP contribution in [0.5, 0.6) is 11.5 Å². The van der Waals surface area contributed by atoms with Crippen LogP contribution < -0.4 is 20.1 Å². The molecule has 1 saturated heterocycles. The Hall–Kier alpha value is -2.50. The molecule has 0 amide bonds. The number of anilines is 2. The molecule has 2 aliphatic heterocycles. The molecule has 0 unspecified atom stereocenters. The molecule has 24 heavy (non-hydrogen) atoms. The van der Waals surface area contributed by atoms with Gasteiger partial charge in [-0.3, -0.25) is 0 Å². The first-order valence-electron chi connectivity index (χ1n) is 8.55. The molecule has 126 valence electrons. The van der Waals surface area contributed by atoms with E-state index in [4.69, 9.17) is 15.2 Å². The predicted octanol–water partition coefficient (Wildman–Crippen LogP) is 2.43. The van der Waals surface area contributed by atoms with E-state index in [0.717, 1.165) is 48.9 Å². The number of para-hydroxylation sites is 2. The fourth-order valence-electron chi connectivity index (χ4n) is 3.25. The summed E-state index contributed by atoms with van der Waals surface area (Å²) in [7, 11) is 0. The van der Waals surface area contributed by atoms with Crippen LogP contribution in [0.15, 0.2) is 30.3 Å². The summed E-state index contributed by atoms with van der Waals surface area (Å²) in [6.07, 6.45) is 4.09. The van der Waals surface area contributed by atoms with Gasteiger partial charge in [0, 0.05) is 24.8 Å². The highest BCUT2D eigenvalue weighted by atomic mass is 16.6. The van der Waals surface area contributed by atoms with Gasteiger partial charge in [-0.05, 0) is 37.8 Å². The van der Waals surface area contributed by atoms with Gasteiger partial charge in [0.1, 0.15) is 18.5 Å². The molecule has 6 nitrogen and oxygen atoms in total. The summed E-state index contributed by atoms with van der Waals surface area (Å²) in [6.45, 7) is 2.66. The van der Waals surface area contributed by atoms with E-state index in [1.54, 1.807) is 0 Å². The van der Waals surface area contributed by atoms with Gasteiger partial charge in [0.25, 0.3) is 0 Å². The summed E-state index contributed by atoms with van der Waals surface area (Å²) in [5, 5.41) is 0. The first-order chi connectivity index (χ1) is 11.8. The largest absolute Gasteiger partial charge is 0.486 e. The average molecular weight is 326 g/mol. The van der Waals surface area contributed by atoms with Crippen molar-refractivity contribution in [1.29, 1.82) is 0 Å². The molecule has 1 fully saturated rings. The maximum absolute atomic E-state index is 6.00. The van der Waals surface area contributed by atoms with Gasteiger partial charge in [0.2, 0.25) is 5.95 Å². The van der Waals surface area contributed by atoms with Crippen LogP contribution in [0.25, 0.3) is 0 Å². The highest BCUT2D eigenvalue weighted by Gasteiger charge is 2.21. The molecule has 2 aromatic rings. The number of hydrogen-bond acceptors (Lipinski definition) is 6. The van der Waals surface area contributed by atoms with Crippen molar-refractivity contribution in [2.24, 2.45) is 0 Å². The van der Waals surface area contributed by atoms with Gasteiger partial charge < -0.3 is 20.1 Å². The van der Waals surface area contributed by atoms with E-state index in [-0.39, 0.29) is 6.10 Å². The summed E-state index contributed by atoms with van der Waals surface area (Å²) in [6, 6.07) is 9.83. The molecular weight excluding hydrogens is 304 g/mol. The minimum absolute atomic E-state index is 0.0336. The number of nitrogen functional groups attached to an aromatic ring is 1. The van der Waals surface area contributed by atoms with Gasteiger partial charge in [-0.25, -0.2) is 4.98 Å². The standard InChI is InChI=1S/C18H22N4O2/c19-18-20-13(11-17(21-18)22-9-3-4-10-22)7-8-14-12-23-15-5-1-2-6-16(15)24-14/h1-2,5-6,11,14H,3-4,7-10,12H2,(H2,19,20,21)/t14-/m0/s1. The zero-order valence-corrected chi connectivity index (χ0v) is 13.6. The summed E-state index contributed by atoms with van der Waals surface area (Å²) in [5.41, 5.74) is 6.86. The molecular formula is C18H22N4O2. The van der Waals surface area contributed by atoms with Crippen molar-refractivity contribution in [2.45, 2.75) is 31.8 Å². The summed E-state index contributed by atoms with van der Waals surface area (Å²) in [4.78, 5) is 11.0. The number of nitrogens with two attached hydrogens (primary N) is 1. The molecule has 0 radical (unpaired) electrons.